The van der Waals surface area contributed by atoms with Gasteiger partial charge in [0.15, 0.2) is 5.17 Å². The van der Waals surface area contributed by atoms with E-state index in [4.69, 9.17) is 0 Å². The van der Waals surface area contributed by atoms with Crippen LogP contribution in [0.15, 0.2) is 64.8 Å². The van der Waals surface area contributed by atoms with Gasteiger partial charge in [0, 0.05) is 24.2 Å². The molecule has 0 saturated carbocycles. The fraction of sp³-hybridized carbons (Fsp3) is 0.111. The average molecular weight is 397 g/mol. The number of anilines is 1. The van der Waals surface area contributed by atoms with Crippen LogP contribution in [-0.2, 0) is 9.59 Å². The van der Waals surface area contributed by atoms with Crippen molar-refractivity contribution in [1.82, 2.24) is 5.32 Å². The van der Waals surface area contributed by atoms with Crippen LogP contribution in [-0.4, -0.2) is 33.4 Å². The Morgan fingerprint density at radius 1 is 1.21 bits per heavy atom. The predicted molar refractivity (Wildman–Crippen MR) is 107 cm³/mol. The number of benzene rings is 2. The van der Waals surface area contributed by atoms with Crippen molar-refractivity contribution in [3.63, 3.8) is 0 Å². The summed E-state index contributed by atoms with van der Waals surface area (Å²) in [6, 6.07) is 14.8. The van der Waals surface area contributed by atoms with Crippen molar-refractivity contribution in [3.05, 3.63) is 70.3 Å². The smallest absolute Gasteiger partial charge is 0.269 e. The van der Waals surface area contributed by atoms with Gasteiger partial charge in [-0.1, -0.05) is 42.1 Å². The topological polar surface area (TPSA) is 126 Å². The lowest BCUT2D eigenvalue weighted by Gasteiger charge is -2.07. The van der Waals surface area contributed by atoms with Crippen LogP contribution in [0.4, 0.5) is 11.4 Å². The predicted octanol–water partition coefficient (Wildman–Crippen LogP) is 2.55. The third-order valence-corrected chi connectivity index (χ3v) is 4.74. The summed E-state index contributed by atoms with van der Waals surface area (Å²) in [5, 5.41) is 23.4. The highest BCUT2D eigenvalue weighted by molar-refractivity contribution is 8.15. The molecule has 1 atom stereocenters. The summed E-state index contributed by atoms with van der Waals surface area (Å²) in [4.78, 5) is 34.3. The molecule has 1 aliphatic heterocycles. The van der Waals surface area contributed by atoms with Crippen molar-refractivity contribution in [2.24, 2.45) is 10.2 Å². The molecule has 9 nitrogen and oxygen atoms in total. The first-order valence-electron chi connectivity index (χ1n) is 8.19. The molecule has 28 heavy (non-hydrogen) atoms. The number of nitrogens with zero attached hydrogens (tertiary/aromatic N) is 3. The first-order chi connectivity index (χ1) is 13.5. The molecule has 1 unspecified atom stereocenters. The van der Waals surface area contributed by atoms with Crippen molar-refractivity contribution >= 4 is 46.3 Å². The Balaban J connectivity index is 1.53. The maximum absolute atomic E-state index is 12.1. The van der Waals surface area contributed by atoms with Gasteiger partial charge in [0.2, 0.25) is 11.8 Å². The molecule has 1 heterocycles. The highest BCUT2D eigenvalue weighted by Gasteiger charge is 2.32. The number of hydrogen-bond donors (Lipinski definition) is 2. The van der Waals surface area contributed by atoms with Crippen molar-refractivity contribution in [1.29, 1.82) is 0 Å². The zero-order valence-electron chi connectivity index (χ0n) is 14.4. The molecule has 1 aliphatic rings. The molecule has 0 aromatic heterocycles. The third-order valence-electron chi connectivity index (χ3n) is 3.66. The maximum atomic E-state index is 12.1. The molecule has 3 rings (SSSR count). The van der Waals surface area contributed by atoms with Gasteiger partial charge in [0.25, 0.3) is 5.69 Å². The molecule has 10 heteroatoms. The van der Waals surface area contributed by atoms with Gasteiger partial charge in [-0.05, 0) is 17.7 Å². The van der Waals surface area contributed by atoms with Crippen molar-refractivity contribution in [2.45, 2.75) is 11.7 Å². The number of nitro groups is 1. The van der Waals surface area contributed by atoms with E-state index in [1.165, 1.54) is 24.3 Å². The maximum Gasteiger partial charge on any atom is 0.269 e. The number of amidine groups is 1. The Kier molecular flexibility index (Phi) is 6.12. The largest absolute Gasteiger partial charge is 0.326 e. The summed E-state index contributed by atoms with van der Waals surface area (Å²) in [6.07, 6.45) is 1.50. The van der Waals surface area contributed by atoms with E-state index in [1.54, 1.807) is 6.21 Å². The van der Waals surface area contributed by atoms with Gasteiger partial charge < -0.3 is 10.6 Å². The monoisotopic (exact) mass is 397 g/mol. The highest BCUT2D eigenvalue weighted by atomic mass is 32.2. The minimum absolute atomic E-state index is 0.0606. The van der Waals surface area contributed by atoms with Crippen LogP contribution in [0.1, 0.15) is 12.0 Å². The lowest BCUT2D eigenvalue weighted by Crippen LogP contribution is -2.28. The zero-order valence-corrected chi connectivity index (χ0v) is 15.3. The number of nitrogens with one attached hydrogen (secondary N) is 2. The van der Waals surface area contributed by atoms with E-state index in [0.29, 0.717) is 10.9 Å². The molecule has 142 valence electrons. The SMILES string of the molecule is O=C(CC1SC(=NN=Cc2ccccc2)NC1=O)Nc1ccc([N+](=O)[O-])cc1. The number of carbonyl (C=O) groups excluding carboxylic acids is 2. The highest BCUT2D eigenvalue weighted by Crippen LogP contribution is 2.23. The molecule has 2 aromatic rings. The van der Waals surface area contributed by atoms with E-state index in [2.05, 4.69) is 20.8 Å². The lowest BCUT2D eigenvalue weighted by molar-refractivity contribution is -0.384. The van der Waals surface area contributed by atoms with Gasteiger partial charge in [-0.3, -0.25) is 19.7 Å². The van der Waals surface area contributed by atoms with Crippen LogP contribution in [0, 0.1) is 10.1 Å². The van der Waals surface area contributed by atoms with Gasteiger partial charge in [0.1, 0.15) is 5.25 Å². The molecule has 0 aliphatic carbocycles. The summed E-state index contributed by atoms with van der Waals surface area (Å²) in [5.41, 5.74) is 1.22. The number of non-ortho nitro benzene ring substituents is 1. The second-order valence-corrected chi connectivity index (χ2v) is 6.90. The first-order valence-corrected chi connectivity index (χ1v) is 9.07. The summed E-state index contributed by atoms with van der Waals surface area (Å²) < 4.78 is 0. The molecule has 2 amide bonds. The molecule has 2 N–H and O–H groups in total. The van der Waals surface area contributed by atoms with E-state index in [0.717, 1.165) is 17.3 Å². The quantitative estimate of drug-likeness (QED) is 0.440. The van der Waals surface area contributed by atoms with Crippen LogP contribution >= 0.6 is 11.8 Å². The van der Waals surface area contributed by atoms with Gasteiger partial charge in [-0.15, -0.1) is 5.10 Å². The van der Waals surface area contributed by atoms with Crippen molar-refractivity contribution in [3.8, 4) is 0 Å². The fourth-order valence-corrected chi connectivity index (χ4v) is 3.24. The van der Waals surface area contributed by atoms with Gasteiger partial charge in [0.05, 0.1) is 11.1 Å². The summed E-state index contributed by atoms with van der Waals surface area (Å²) >= 11 is 1.12. The number of rotatable bonds is 6. The minimum Gasteiger partial charge on any atom is -0.326 e. The Morgan fingerprint density at radius 3 is 2.61 bits per heavy atom. The van der Waals surface area contributed by atoms with Crippen LogP contribution < -0.4 is 10.6 Å². The van der Waals surface area contributed by atoms with Gasteiger partial charge in [-0.25, -0.2) is 0 Å². The molecular weight excluding hydrogens is 382 g/mol. The zero-order chi connectivity index (χ0) is 19.9. The molecule has 2 aromatic carbocycles. The van der Waals surface area contributed by atoms with Crippen LogP contribution in [0.25, 0.3) is 0 Å². The molecular formula is C18H15N5O4S. The summed E-state index contributed by atoms with van der Waals surface area (Å²) in [5.74, 6) is -0.701. The number of carbonyl (C=O) groups is 2. The fourth-order valence-electron chi connectivity index (χ4n) is 2.32. The normalized spacial score (nSPS) is 17.6. The van der Waals surface area contributed by atoms with E-state index in [9.17, 15) is 19.7 Å². The Labute approximate surface area is 164 Å². The Bertz CT molecular complexity index is 944. The lowest BCUT2D eigenvalue weighted by atomic mass is 10.2. The van der Waals surface area contributed by atoms with E-state index in [1.807, 2.05) is 30.3 Å². The summed E-state index contributed by atoms with van der Waals surface area (Å²) in [6.45, 7) is 0. The van der Waals surface area contributed by atoms with Crippen LogP contribution in [0.3, 0.4) is 0 Å². The van der Waals surface area contributed by atoms with Gasteiger partial charge >= 0.3 is 0 Å². The molecule has 1 saturated heterocycles. The number of nitro benzene ring substituents is 1. The number of amides is 2. The van der Waals surface area contributed by atoms with Crippen molar-refractivity contribution in [2.75, 3.05) is 5.32 Å². The van der Waals surface area contributed by atoms with Gasteiger partial charge in [-0.2, -0.15) is 5.10 Å². The minimum atomic E-state index is -0.622. The van der Waals surface area contributed by atoms with E-state index >= 15 is 0 Å². The standard InChI is InChI=1S/C18H15N5O4S/c24-16(20-13-6-8-14(9-7-13)23(26)27)10-15-17(25)21-18(28-15)22-19-11-12-4-2-1-3-5-12/h1-9,11,15H,10H2,(H,20,24)(H,21,22,25). The Hall–Kier alpha value is -3.53. The first kappa shape index (κ1) is 19.2. The third kappa shape index (κ3) is 5.24. The second kappa shape index (κ2) is 8.91. The molecule has 0 bridgehead atoms. The molecule has 0 spiro atoms. The molecule has 1 fully saturated rings. The molecule has 0 radical (unpaired) electrons. The number of thioether (sulfide) groups is 1. The van der Waals surface area contributed by atoms with Crippen molar-refractivity contribution < 1.29 is 14.5 Å². The average Bonchev–Trinajstić information content (AvgIpc) is 3.02. The number of hydrogen-bond acceptors (Lipinski definition) is 7. The van der Waals surface area contributed by atoms with E-state index in [-0.39, 0.29) is 23.9 Å². The van der Waals surface area contributed by atoms with E-state index < -0.39 is 10.2 Å². The summed E-state index contributed by atoms with van der Waals surface area (Å²) in [7, 11) is 0. The van der Waals surface area contributed by atoms with Crippen LogP contribution in [0.2, 0.25) is 0 Å². The second-order valence-electron chi connectivity index (χ2n) is 5.71. The van der Waals surface area contributed by atoms with Crippen LogP contribution in [0.5, 0.6) is 0 Å². The Morgan fingerprint density at radius 2 is 1.93 bits per heavy atom.